The van der Waals surface area contributed by atoms with Crippen molar-refractivity contribution in [2.24, 2.45) is 11.8 Å². The number of anilines is 1. The highest BCUT2D eigenvalue weighted by Crippen LogP contribution is 2.33. The molecule has 1 amide bonds. The number of nitrogens with zero attached hydrogens (tertiary/aromatic N) is 4. The van der Waals surface area contributed by atoms with Crippen LogP contribution >= 0.6 is 0 Å². The largest absolute Gasteiger partial charge is 0.338 e. The first-order chi connectivity index (χ1) is 14.8. The molecule has 2 heterocycles. The molecule has 1 aromatic heterocycles. The third-order valence-electron chi connectivity index (χ3n) is 5.81. The van der Waals surface area contributed by atoms with Crippen molar-refractivity contribution < 1.29 is 13.7 Å². The number of carbonyl (C=O) groups is 1. The Bertz CT molecular complexity index is 855. The molecule has 1 aromatic carbocycles. The van der Waals surface area contributed by atoms with Crippen LogP contribution in [-0.4, -0.2) is 60.6 Å². The Morgan fingerprint density at radius 2 is 1.77 bits per heavy atom. The lowest BCUT2D eigenvalue weighted by atomic mass is 10.0. The second-order valence-electron chi connectivity index (χ2n) is 9.21. The van der Waals surface area contributed by atoms with Gasteiger partial charge in [0.2, 0.25) is 11.8 Å². The molecule has 1 aliphatic heterocycles. The van der Waals surface area contributed by atoms with Gasteiger partial charge in [-0.3, -0.25) is 4.79 Å². The molecule has 0 radical (unpaired) electrons. The second kappa shape index (κ2) is 10.3. The molecule has 170 valence electrons. The maximum atomic E-state index is 13.5. The van der Waals surface area contributed by atoms with Gasteiger partial charge < -0.3 is 19.2 Å². The maximum Gasteiger partial charge on any atom is 0.232 e. The van der Waals surface area contributed by atoms with E-state index in [0.29, 0.717) is 24.7 Å². The third-order valence-corrected chi connectivity index (χ3v) is 5.81. The molecule has 1 fully saturated rings. The summed E-state index contributed by atoms with van der Waals surface area (Å²) < 4.78 is 19.4. The Kier molecular flexibility index (Phi) is 7.70. The predicted octanol–water partition coefficient (Wildman–Crippen LogP) is 4.26. The third kappa shape index (κ3) is 5.85. The van der Waals surface area contributed by atoms with Gasteiger partial charge in [0, 0.05) is 44.2 Å². The van der Waals surface area contributed by atoms with E-state index < -0.39 is 0 Å². The van der Waals surface area contributed by atoms with Crippen LogP contribution in [0.25, 0.3) is 11.3 Å². The fraction of sp³-hybridized carbons (Fsp3) is 0.583. The molecule has 2 aromatic rings. The summed E-state index contributed by atoms with van der Waals surface area (Å²) in [5.74, 6) is 0.961. The molecule has 0 saturated carbocycles. The molecule has 0 aliphatic carbocycles. The summed E-state index contributed by atoms with van der Waals surface area (Å²) >= 11 is 0. The van der Waals surface area contributed by atoms with Crippen molar-refractivity contribution in [3.63, 3.8) is 0 Å². The van der Waals surface area contributed by atoms with Crippen LogP contribution in [0.3, 0.4) is 0 Å². The number of carbonyl (C=O) groups excluding carboxylic acids is 1. The molecule has 7 heteroatoms. The van der Waals surface area contributed by atoms with Gasteiger partial charge in [-0.15, -0.1) is 0 Å². The Labute approximate surface area is 185 Å². The van der Waals surface area contributed by atoms with E-state index >= 15 is 0 Å². The highest BCUT2D eigenvalue weighted by atomic mass is 19.1. The number of halogens is 1. The average Bonchev–Trinajstić information content (AvgIpc) is 3.15. The van der Waals surface area contributed by atoms with Crippen molar-refractivity contribution in [1.29, 1.82) is 0 Å². The minimum Gasteiger partial charge on any atom is -0.338 e. The van der Waals surface area contributed by atoms with Gasteiger partial charge >= 0.3 is 0 Å². The summed E-state index contributed by atoms with van der Waals surface area (Å²) in [4.78, 5) is 19.4. The minimum absolute atomic E-state index is 0.0895. The molecule has 0 unspecified atom stereocenters. The lowest BCUT2D eigenvalue weighted by Crippen LogP contribution is -2.45. The van der Waals surface area contributed by atoms with E-state index in [2.05, 4.69) is 35.9 Å². The summed E-state index contributed by atoms with van der Waals surface area (Å²) in [7, 11) is 2.11. The van der Waals surface area contributed by atoms with E-state index in [-0.39, 0.29) is 17.6 Å². The minimum atomic E-state index is -0.290. The van der Waals surface area contributed by atoms with Crippen LogP contribution in [0.15, 0.2) is 28.8 Å². The molecule has 0 spiro atoms. The molecular formula is C24H35FN4O2. The van der Waals surface area contributed by atoms with E-state index in [1.807, 2.05) is 18.7 Å². The molecule has 3 rings (SSSR count). The lowest BCUT2D eigenvalue weighted by Gasteiger charge is -2.33. The van der Waals surface area contributed by atoms with Crippen LogP contribution in [0.1, 0.15) is 39.7 Å². The Morgan fingerprint density at radius 1 is 1.13 bits per heavy atom. The number of likely N-dealkylation sites (N-methyl/N-ethyl adjacent to an activating group) is 1. The van der Waals surface area contributed by atoms with Gasteiger partial charge in [0.15, 0.2) is 0 Å². The van der Waals surface area contributed by atoms with Crippen LogP contribution in [-0.2, 0) is 11.3 Å². The number of amides is 1. The summed E-state index contributed by atoms with van der Waals surface area (Å²) in [6.07, 6.45) is 0.930. The number of piperazine rings is 1. The van der Waals surface area contributed by atoms with Gasteiger partial charge in [0.05, 0.1) is 12.1 Å². The van der Waals surface area contributed by atoms with Crippen molar-refractivity contribution >= 4 is 11.8 Å². The Morgan fingerprint density at radius 3 is 2.35 bits per heavy atom. The number of hydrogen-bond acceptors (Lipinski definition) is 5. The van der Waals surface area contributed by atoms with Crippen LogP contribution < -0.4 is 4.90 Å². The normalized spacial score (nSPS) is 15.2. The zero-order chi connectivity index (χ0) is 22.5. The molecule has 0 atom stereocenters. The number of hydrogen-bond donors (Lipinski definition) is 0. The van der Waals surface area contributed by atoms with Crippen molar-refractivity contribution in [3.05, 3.63) is 35.6 Å². The topological polar surface area (TPSA) is 52.8 Å². The molecule has 1 saturated heterocycles. The van der Waals surface area contributed by atoms with Gasteiger partial charge in [-0.25, -0.2) is 4.39 Å². The summed E-state index contributed by atoms with van der Waals surface area (Å²) in [5.41, 5.74) is 2.37. The summed E-state index contributed by atoms with van der Waals surface area (Å²) in [5, 5.41) is 4.37. The van der Waals surface area contributed by atoms with Gasteiger partial charge in [-0.05, 0) is 43.7 Å². The second-order valence-corrected chi connectivity index (χ2v) is 9.21. The summed E-state index contributed by atoms with van der Waals surface area (Å²) in [6, 6.07) is 6.29. The van der Waals surface area contributed by atoms with E-state index in [1.54, 1.807) is 12.1 Å². The fourth-order valence-corrected chi connectivity index (χ4v) is 3.77. The predicted molar refractivity (Wildman–Crippen MR) is 121 cm³/mol. The first kappa shape index (κ1) is 23.3. The smallest absolute Gasteiger partial charge is 0.232 e. The SMILES string of the molecule is CC(C)CCN(Cc1c(-c2ccc(F)cc2)noc1N1CCN(C)CC1)C(=O)C(C)C. The van der Waals surface area contributed by atoms with E-state index in [0.717, 1.165) is 49.6 Å². The van der Waals surface area contributed by atoms with Gasteiger partial charge in [-0.2, -0.15) is 0 Å². The number of rotatable bonds is 8. The molecular weight excluding hydrogens is 395 g/mol. The van der Waals surface area contributed by atoms with Crippen molar-refractivity contribution in [1.82, 2.24) is 15.0 Å². The van der Waals surface area contributed by atoms with E-state index in [1.165, 1.54) is 12.1 Å². The first-order valence-electron chi connectivity index (χ1n) is 11.2. The van der Waals surface area contributed by atoms with Crippen molar-refractivity contribution in [2.45, 2.75) is 40.7 Å². The fourth-order valence-electron chi connectivity index (χ4n) is 3.77. The average molecular weight is 431 g/mol. The molecule has 6 nitrogen and oxygen atoms in total. The maximum absolute atomic E-state index is 13.5. The van der Waals surface area contributed by atoms with E-state index in [9.17, 15) is 9.18 Å². The molecule has 1 aliphatic rings. The quantitative estimate of drug-likeness (QED) is 0.626. The number of benzene rings is 1. The van der Waals surface area contributed by atoms with Crippen LogP contribution in [0.4, 0.5) is 10.3 Å². The Hall–Kier alpha value is -2.41. The number of aromatic nitrogens is 1. The van der Waals surface area contributed by atoms with Gasteiger partial charge in [0.1, 0.15) is 11.5 Å². The highest BCUT2D eigenvalue weighted by molar-refractivity contribution is 5.79. The van der Waals surface area contributed by atoms with Crippen molar-refractivity contribution in [2.75, 3.05) is 44.7 Å². The zero-order valence-corrected chi connectivity index (χ0v) is 19.4. The van der Waals surface area contributed by atoms with Gasteiger partial charge in [-0.1, -0.05) is 32.9 Å². The van der Waals surface area contributed by atoms with Crippen LogP contribution in [0.5, 0.6) is 0 Å². The van der Waals surface area contributed by atoms with E-state index in [4.69, 9.17) is 4.52 Å². The monoisotopic (exact) mass is 430 g/mol. The van der Waals surface area contributed by atoms with Crippen LogP contribution in [0, 0.1) is 17.7 Å². The zero-order valence-electron chi connectivity index (χ0n) is 19.4. The van der Waals surface area contributed by atoms with Crippen LogP contribution in [0.2, 0.25) is 0 Å². The standard InChI is InChI=1S/C24H35FN4O2/c1-17(2)10-11-29(23(30)18(3)4)16-21-22(19-6-8-20(25)9-7-19)26-31-24(21)28-14-12-27(5)13-15-28/h6-9,17-18H,10-16H2,1-5H3. The van der Waals surface area contributed by atoms with Crippen molar-refractivity contribution in [3.8, 4) is 11.3 Å². The summed E-state index contributed by atoms with van der Waals surface area (Å²) in [6.45, 7) is 12.9. The highest BCUT2D eigenvalue weighted by Gasteiger charge is 2.28. The van der Waals surface area contributed by atoms with Gasteiger partial charge in [0.25, 0.3) is 0 Å². The molecule has 31 heavy (non-hydrogen) atoms. The molecule has 0 N–H and O–H groups in total. The first-order valence-corrected chi connectivity index (χ1v) is 11.2. The lowest BCUT2D eigenvalue weighted by molar-refractivity contribution is -0.135. The molecule has 0 bridgehead atoms. The Balaban J connectivity index is 1.97.